The Bertz CT molecular complexity index is 333. The van der Waals surface area contributed by atoms with Gasteiger partial charge in [-0.15, -0.1) is 0 Å². The SMILES string of the molecule is Cc1ccc(C2NCC(C)CSC2C)cc1. The summed E-state index contributed by atoms with van der Waals surface area (Å²) < 4.78 is 0. The van der Waals surface area contributed by atoms with E-state index in [1.165, 1.54) is 16.9 Å². The Labute approximate surface area is 103 Å². The number of aryl methyl sites for hydroxylation is 1. The van der Waals surface area contributed by atoms with Crippen molar-refractivity contribution in [1.29, 1.82) is 0 Å². The molecule has 0 amide bonds. The van der Waals surface area contributed by atoms with Gasteiger partial charge in [-0.2, -0.15) is 11.8 Å². The lowest BCUT2D eigenvalue weighted by Gasteiger charge is -2.22. The fourth-order valence-corrected chi connectivity index (χ4v) is 3.32. The van der Waals surface area contributed by atoms with Crippen molar-refractivity contribution in [2.75, 3.05) is 12.3 Å². The van der Waals surface area contributed by atoms with Crippen LogP contribution in [0, 0.1) is 12.8 Å². The summed E-state index contributed by atoms with van der Waals surface area (Å²) in [6, 6.07) is 9.46. The molecule has 2 heteroatoms. The summed E-state index contributed by atoms with van der Waals surface area (Å²) in [4.78, 5) is 0. The first-order valence-corrected chi connectivity index (χ1v) is 7.13. The standard InChI is InChI=1S/C14H21NS/c1-10-4-6-13(7-5-10)14-12(3)16-9-11(2)8-15-14/h4-7,11-12,14-15H,8-9H2,1-3H3. The lowest BCUT2D eigenvalue weighted by Crippen LogP contribution is -2.28. The number of hydrogen-bond donors (Lipinski definition) is 1. The van der Waals surface area contributed by atoms with E-state index in [-0.39, 0.29) is 0 Å². The lowest BCUT2D eigenvalue weighted by atomic mass is 10.0. The highest BCUT2D eigenvalue weighted by Gasteiger charge is 2.23. The molecule has 0 radical (unpaired) electrons. The van der Waals surface area contributed by atoms with Gasteiger partial charge >= 0.3 is 0 Å². The smallest absolute Gasteiger partial charge is 0.0437 e. The van der Waals surface area contributed by atoms with Gasteiger partial charge in [0.2, 0.25) is 0 Å². The Kier molecular flexibility index (Phi) is 3.93. The van der Waals surface area contributed by atoms with Crippen molar-refractivity contribution in [1.82, 2.24) is 5.32 Å². The predicted octanol–water partition coefficient (Wildman–Crippen LogP) is 3.40. The van der Waals surface area contributed by atoms with Crippen molar-refractivity contribution in [2.45, 2.75) is 32.1 Å². The van der Waals surface area contributed by atoms with Gasteiger partial charge in [-0.3, -0.25) is 0 Å². The summed E-state index contributed by atoms with van der Waals surface area (Å²) in [5.74, 6) is 2.05. The molecule has 0 aliphatic carbocycles. The van der Waals surface area contributed by atoms with Gasteiger partial charge in [0, 0.05) is 11.3 Å². The number of nitrogens with one attached hydrogen (secondary N) is 1. The van der Waals surface area contributed by atoms with Gasteiger partial charge in [0.15, 0.2) is 0 Å². The maximum absolute atomic E-state index is 3.70. The third-order valence-corrected chi connectivity index (χ3v) is 4.80. The van der Waals surface area contributed by atoms with E-state index in [9.17, 15) is 0 Å². The van der Waals surface area contributed by atoms with Crippen LogP contribution < -0.4 is 5.32 Å². The second-order valence-corrected chi connectivity index (χ2v) is 6.35. The Morgan fingerprint density at radius 2 is 1.88 bits per heavy atom. The van der Waals surface area contributed by atoms with Gasteiger partial charge in [-0.25, -0.2) is 0 Å². The predicted molar refractivity (Wildman–Crippen MR) is 73.0 cm³/mol. The van der Waals surface area contributed by atoms with Crippen LogP contribution in [0.15, 0.2) is 24.3 Å². The minimum atomic E-state index is 0.510. The monoisotopic (exact) mass is 235 g/mol. The van der Waals surface area contributed by atoms with E-state index < -0.39 is 0 Å². The van der Waals surface area contributed by atoms with Gasteiger partial charge in [0.1, 0.15) is 0 Å². The molecule has 88 valence electrons. The molecule has 1 nitrogen and oxygen atoms in total. The molecule has 1 N–H and O–H groups in total. The van der Waals surface area contributed by atoms with E-state index in [4.69, 9.17) is 0 Å². The third-order valence-electron chi connectivity index (χ3n) is 3.24. The first kappa shape index (κ1) is 12.0. The topological polar surface area (TPSA) is 12.0 Å². The lowest BCUT2D eigenvalue weighted by molar-refractivity contribution is 0.490. The second-order valence-electron chi connectivity index (χ2n) is 4.94. The van der Waals surface area contributed by atoms with Crippen LogP contribution in [0.25, 0.3) is 0 Å². The minimum absolute atomic E-state index is 0.510. The quantitative estimate of drug-likeness (QED) is 0.800. The maximum Gasteiger partial charge on any atom is 0.0437 e. The summed E-state index contributed by atoms with van der Waals surface area (Å²) in [6.07, 6.45) is 0. The highest BCUT2D eigenvalue weighted by Crippen LogP contribution is 2.30. The maximum atomic E-state index is 3.70. The van der Waals surface area contributed by atoms with Crippen LogP contribution >= 0.6 is 11.8 Å². The average Bonchev–Trinajstić information content (AvgIpc) is 2.44. The minimum Gasteiger partial charge on any atom is -0.309 e. The molecule has 16 heavy (non-hydrogen) atoms. The Morgan fingerprint density at radius 1 is 1.19 bits per heavy atom. The molecular formula is C14H21NS. The number of thioether (sulfide) groups is 1. The number of benzene rings is 1. The third kappa shape index (κ3) is 2.80. The molecular weight excluding hydrogens is 214 g/mol. The zero-order chi connectivity index (χ0) is 11.5. The molecule has 1 aromatic rings. The van der Waals surface area contributed by atoms with Gasteiger partial charge in [-0.1, -0.05) is 43.7 Å². The van der Waals surface area contributed by atoms with Gasteiger partial charge < -0.3 is 5.32 Å². The van der Waals surface area contributed by atoms with E-state index in [0.29, 0.717) is 11.3 Å². The highest BCUT2D eigenvalue weighted by molar-refractivity contribution is 7.99. The Hall–Kier alpha value is -0.470. The summed E-state index contributed by atoms with van der Waals surface area (Å²) in [5, 5.41) is 4.36. The van der Waals surface area contributed by atoms with Crippen LogP contribution in [0.2, 0.25) is 0 Å². The first-order chi connectivity index (χ1) is 7.66. The Balaban J connectivity index is 2.15. The van der Waals surface area contributed by atoms with E-state index in [1.54, 1.807) is 0 Å². The summed E-state index contributed by atoms with van der Waals surface area (Å²) in [6.45, 7) is 7.94. The van der Waals surface area contributed by atoms with Crippen LogP contribution in [0.1, 0.15) is 31.0 Å². The van der Waals surface area contributed by atoms with Crippen LogP contribution in [0.5, 0.6) is 0 Å². The molecule has 1 fully saturated rings. The van der Waals surface area contributed by atoms with Gasteiger partial charge in [0.05, 0.1) is 0 Å². The molecule has 0 bridgehead atoms. The highest BCUT2D eigenvalue weighted by atomic mass is 32.2. The van der Waals surface area contributed by atoms with Crippen molar-refractivity contribution in [2.24, 2.45) is 5.92 Å². The van der Waals surface area contributed by atoms with Gasteiger partial charge in [0.25, 0.3) is 0 Å². The van der Waals surface area contributed by atoms with E-state index in [0.717, 1.165) is 12.5 Å². The van der Waals surface area contributed by atoms with Crippen molar-refractivity contribution in [3.63, 3.8) is 0 Å². The molecule has 0 spiro atoms. The molecule has 3 atom stereocenters. The first-order valence-electron chi connectivity index (χ1n) is 6.08. The molecule has 3 unspecified atom stereocenters. The van der Waals surface area contributed by atoms with Crippen LogP contribution in [0.3, 0.4) is 0 Å². The normalized spacial score (nSPS) is 31.1. The average molecular weight is 235 g/mol. The van der Waals surface area contributed by atoms with Crippen molar-refractivity contribution in [3.05, 3.63) is 35.4 Å². The number of hydrogen-bond acceptors (Lipinski definition) is 2. The van der Waals surface area contributed by atoms with Crippen molar-refractivity contribution >= 4 is 11.8 Å². The Morgan fingerprint density at radius 3 is 2.56 bits per heavy atom. The zero-order valence-corrected chi connectivity index (χ0v) is 11.2. The molecule has 0 aromatic heterocycles. The largest absolute Gasteiger partial charge is 0.309 e. The molecule has 2 rings (SSSR count). The molecule has 1 aromatic carbocycles. The number of rotatable bonds is 1. The van der Waals surface area contributed by atoms with E-state index in [2.05, 4.69) is 62.1 Å². The molecule has 1 saturated heterocycles. The molecule has 1 heterocycles. The van der Waals surface area contributed by atoms with E-state index >= 15 is 0 Å². The zero-order valence-electron chi connectivity index (χ0n) is 10.4. The van der Waals surface area contributed by atoms with Crippen LogP contribution in [0.4, 0.5) is 0 Å². The van der Waals surface area contributed by atoms with Crippen LogP contribution in [-0.2, 0) is 0 Å². The summed E-state index contributed by atoms with van der Waals surface area (Å²) >= 11 is 2.09. The molecule has 1 aliphatic rings. The second kappa shape index (κ2) is 5.24. The van der Waals surface area contributed by atoms with Crippen molar-refractivity contribution in [3.8, 4) is 0 Å². The fraction of sp³-hybridized carbons (Fsp3) is 0.571. The summed E-state index contributed by atoms with van der Waals surface area (Å²) in [7, 11) is 0. The fourth-order valence-electron chi connectivity index (χ4n) is 2.13. The van der Waals surface area contributed by atoms with E-state index in [1.807, 2.05) is 0 Å². The molecule has 0 saturated carbocycles. The van der Waals surface area contributed by atoms with Gasteiger partial charge in [-0.05, 0) is 30.7 Å². The van der Waals surface area contributed by atoms with Crippen molar-refractivity contribution < 1.29 is 0 Å². The molecule has 1 aliphatic heterocycles. The van der Waals surface area contributed by atoms with Crippen LogP contribution in [-0.4, -0.2) is 17.5 Å². The summed E-state index contributed by atoms with van der Waals surface area (Å²) in [5.41, 5.74) is 2.77.